The molecule has 1 aromatic carbocycles. The molecule has 1 aromatic rings. The van der Waals surface area contributed by atoms with Crippen molar-refractivity contribution in [2.24, 2.45) is 5.92 Å². The standard InChI is InChI=1S/C13H14ClIN2O2/c14-9-3-4-11(15)10(7-9)13(19)17-6-5-16-12(18)8-1-2-8/h3-4,7-8H,1-2,5-6H2,(H,16,18)(H,17,19). The summed E-state index contributed by atoms with van der Waals surface area (Å²) in [6.07, 6.45) is 1.97. The van der Waals surface area contributed by atoms with Gasteiger partial charge >= 0.3 is 0 Å². The lowest BCUT2D eigenvalue weighted by molar-refractivity contribution is -0.122. The van der Waals surface area contributed by atoms with E-state index in [0.717, 1.165) is 16.4 Å². The zero-order chi connectivity index (χ0) is 13.8. The number of halogens is 2. The van der Waals surface area contributed by atoms with E-state index < -0.39 is 0 Å². The molecular formula is C13H14ClIN2O2. The molecule has 2 rings (SSSR count). The van der Waals surface area contributed by atoms with Crippen molar-refractivity contribution in [1.29, 1.82) is 0 Å². The highest BCUT2D eigenvalue weighted by molar-refractivity contribution is 14.1. The van der Waals surface area contributed by atoms with Gasteiger partial charge in [-0.05, 0) is 53.6 Å². The maximum absolute atomic E-state index is 11.9. The van der Waals surface area contributed by atoms with Crippen LogP contribution in [0.2, 0.25) is 5.02 Å². The third kappa shape index (κ3) is 4.35. The van der Waals surface area contributed by atoms with Crippen LogP contribution in [0.15, 0.2) is 18.2 Å². The molecule has 1 saturated carbocycles. The molecule has 0 aliphatic heterocycles. The molecule has 6 heteroatoms. The van der Waals surface area contributed by atoms with E-state index in [0.29, 0.717) is 23.7 Å². The van der Waals surface area contributed by atoms with E-state index in [9.17, 15) is 9.59 Å². The minimum Gasteiger partial charge on any atom is -0.354 e. The number of nitrogens with one attached hydrogen (secondary N) is 2. The van der Waals surface area contributed by atoms with Gasteiger partial charge in [0.1, 0.15) is 0 Å². The molecule has 0 unspecified atom stereocenters. The van der Waals surface area contributed by atoms with Crippen molar-refractivity contribution in [2.75, 3.05) is 13.1 Å². The lowest BCUT2D eigenvalue weighted by Gasteiger charge is -2.08. The van der Waals surface area contributed by atoms with E-state index in [1.165, 1.54) is 0 Å². The first-order valence-electron chi connectivity index (χ1n) is 6.09. The molecule has 0 aromatic heterocycles. The molecule has 19 heavy (non-hydrogen) atoms. The smallest absolute Gasteiger partial charge is 0.252 e. The first-order valence-corrected chi connectivity index (χ1v) is 7.54. The summed E-state index contributed by atoms with van der Waals surface area (Å²) in [5.74, 6) is 0.115. The van der Waals surface area contributed by atoms with Gasteiger partial charge in [-0.2, -0.15) is 0 Å². The Morgan fingerprint density at radius 2 is 1.95 bits per heavy atom. The SMILES string of the molecule is O=C(NCCNC(=O)C1CC1)c1cc(Cl)ccc1I. The Kier molecular flexibility index (Phi) is 5.04. The van der Waals surface area contributed by atoms with E-state index in [2.05, 4.69) is 33.2 Å². The normalized spacial score (nSPS) is 14.0. The number of hydrogen-bond acceptors (Lipinski definition) is 2. The fraction of sp³-hybridized carbons (Fsp3) is 0.385. The summed E-state index contributed by atoms with van der Waals surface area (Å²) >= 11 is 7.96. The van der Waals surface area contributed by atoms with Crippen molar-refractivity contribution in [3.8, 4) is 0 Å². The Morgan fingerprint density at radius 1 is 1.26 bits per heavy atom. The van der Waals surface area contributed by atoms with Crippen LogP contribution in [0, 0.1) is 9.49 Å². The van der Waals surface area contributed by atoms with E-state index in [1.54, 1.807) is 18.2 Å². The van der Waals surface area contributed by atoms with Crippen LogP contribution in [0.3, 0.4) is 0 Å². The molecule has 4 nitrogen and oxygen atoms in total. The molecule has 0 saturated heterocycles. The summed E-state index contributed by atoms with van der Waals surface area (Å²) in [5, 5.41) is 6.10. The minimum atomic E-state index is -0.174. The van der Waals surface area contributed by atoms with Gasteiger partial charge in [0, 0.05) is 27.6 Å². The third-order valence-electron chi connectivity index (χ3n) is 2.83. The zero-order valence-corrected chi connectivity index (χ0v) is 13.1. The average molecular weight is 393 g/mol. The molecular weight excluding hydrogens is 379 g/mol. The van der Waals surface area contributed by atoms with Crippen LogP contribution in [0.25, 0.3) is 0 Å². The Labute approximate surface area is 130 Å². The van der Waals surface area contributed by atoms with Crippen LogP contribution in [0.4, 0.5) is 0 Å². The summed E-state index contributed by atoms with van der Waals surface area (Å²) < 4.78 is 0.849. The number of benzene rings is 1. The Morgan fingerprint density at radius 3 is 2.63 bits per heavy atom. The maximum Gasteiger partial charge on any atom is 0.252 e. The highest BCUT2D eigenvalue weighted by Crippen LogP contribution is 2.28. The molecule has 1 aliphatic rings. The molecule has 0 atom stereocenters. The van der Waals surface area contributed by atoms with Crippen molar-refractivity contribution in [3.05, 3.63) is 32.4 Å². The van der Waals surface area contributed by atoms with Gasteiger partial charge in [-0.1, -0.05) is 11.6 Å². The maximum atomic E-state index is 11.9. The van der Waals surface area contributed by atoms with Crippen molar-refractivity contribution < 1.29 is 9.59 Å². The van der Waals surface area contributed by atoms with Crippen LogP contribution >= 0.6 is 34.2 Å². The third-order valence-corrected chi connectivity index (χ3v) is 4.01. The number of rotatable bonds is 5. The van der Waals surface area contributed by atoms with Gasteiger partial charge in [0.25, 0.3) is 5.91 Å². The predicted molar refractivity (Wildman–Crippen MR) is 82.2 cm³/mol. The molecule has 2 N–H and O–H groups in total. The van der Waals surface area contributed by atoms with Gasteiger partial charge in [0.15, 0.2) is 0 Å². The fourth-order valence-corrected chi connectivity index (χ4v) is 2.37. The first kappa shape index (κ1) is 14.6. The monoisotopic (exact) mass is 392 g/mol. The minimum absolute atomic E-state index is 0.0894. The Balaban J connectivity index is 1.77. The Hall–Kier alpha value is -0.820. The highest BCUT2D eigenvalue weighted by atomic mass is 127. The summed E-state index contributed by atoms with van der Waals surface area (Å²) in [5.41, 5.74) is 0.557. The number of amides is 2. The highest BCUT2D eigenvalue weighted by Gasteiger charge is 2.28. The van der Waals surface area contributed by atoms with Crippen LogP contribution in [-0.2, 0) is 4.79 Å². The van der Waals surface area contributed by atoms with Crippen molar-refractivity contribution in [2.45, 2.75) is 12.8 Å². The van der Waals surface area contributed by atoms with Gasteiger partial charge in [-0.3, -0.25) is 9.59 Å². The van der Waals surface area contributed by atoms with Gasteiger partial charge < -0.3 is 10.6 Å². The molecule has 2 amide bonds. The van der Waals surface area contributed by atoms with Crippen LogP contribution in [0.1, 0.15) is 23.2 Å². The van der Waals surface area contributed by atoms with Crippen molar-refractivity contribution in [1.82, 2.24) is 10.6 Å². The summed E-state index contributed by atoms with van der Waals surface area (Å²) in [6.45, 7) is 0.873. The van der Waals surface area contributed by atoms with Crippen LogP contribution in [0.5, 0.6) is 0 Å². The quantitative estimate of drug-likeness (QED) is 0.596. The van der Waals surface area contributed by atoms with Gasteiger partial charge in [-0.15, -0.1) is 0 Å². The predicted octanol–water partition coefficient (Wildman–Crippen LogP) is 2.20. The molecule has 0 spiro atoms. The zero-order valence-electron chi connectivity index (χ0n) is 10.2. The number of carbonyl (C=O) groups is 2. The first-order chi connectivity index (χ1) is 9.08. The van der Waals surface area contributed by atoms with Crippen molar-refractivity contribution >= 4 is 46.0 Å². The lowest BCUT2D eigenvalue weighted by Crippen LogP contribution is -2.35. The second kappa shape index (κ2) is 6.56. The molecule has 0 radical (unpaired) electrons. The van der Waals surface area contributed by atoms with E-state index in [-0.39, 0.29) is 17.7 Å². The fourth-order valence-electron chi connectivity index (χ4n) is 1.62. The molecule has 0 heterocycles. The molecule has 1 aliphatic carbocycles. The average Bonchev–Trinajstić information content (AvgIpc) is 3.21. The largest absolute Gasteiger partial charge is 0.354 e. The number of carbonyl (C=O) groups excluding carboxylic acids is 2. The molecule has 1 fully saturated rings. The van der Waals surface area contributed by atoms with E-state index in [1.807, 2.05) is 0 Å². The Bertz CT molecular complexity index is 503. The second-order valence-electron chi connectivity index (χ2n) is 4.45. The van der Waals surface area contributed by atoms with E-state index >= 15 is 0 Å². The summed E-state index contributed by atoms with van der Waals surface area (Å²) in [4.78, 5) is 23.3. The topological polar surface area (TPSA) is 58.2 Å². The lowest BCUT2D eigenvalue weighted by atomic mass is 10.2. The van der Waals surface area contributed by atoms with Gasteiger partial charge in [-0.25, -0.2) is 0 Å². The van der Waals surface area contributed by atoms with Gasteiger partial charge in [0.2, 0.25) is 5.91 Å². The summed E-state index contributed by atoms with van der Waals surface area (Å²) in [6, 6.07) is 5.18. The number of hydrogen-bond donors (Lipinski definition) is 2. The van der Waals surface area contributed by atoms with Crippen LogP contribution < -0.4 is 10.6 Å². The second-order valence-corrected chi connectivity index (χ2v) is 6.04. The van der Waals surface area contributed by atoms with Crippen LogP contribution in [-0.4, -0.2) is 24.9 Å². The van der Waals surface area contributed by atoms with Gasteiger partial charge in [0.05, 0.1) is 5.56 Å². The summed E-state index contributed by atoms with van der Waals surface area (Å²) in [7, 11) is 0. The van der Waals surface area contributed by atoms with Crippen molar-refractivity contribution in [3.63, 3.8) is 0 Å². The molecule has 0 bridgehead atoms. The molecule has 102 valence electrons. The van der Waals surface area contributed by atoms with E-state index in [4.69, 9.17) is 11.6 Å².